The second-order valence-electron chi connectivity index (χ2n) is 11.4. The van der Waals surface area contributed by atoms with Crippen LogP contribution in [0.3, 0.4) is 0 Å². The molecule has 1 heterocycles. The minimum absolute atomic E-state index is 0.0720. The second kappa shape index (κ2) is 8.18. The Morgan fingerprint density at radius 3 is 2.58 bits per heavy atom. The molecule has 5 nitrogen and oxygen atoms in total. The summed E-state index contributed by atoms with van der Waals surface area (Å²) < 4.78 is 5.22. The average molecular weight is 451 g/mol. The first kappa shape index (κ1) is 22.5. The van der Waals surface area contributed by atoms with Gasteiger partial charge in [0.1, 0.15) is 5.75 Å². The predicted molar refractivity (Wildman–Crippen MR) is 129 cm³/mol. The van der Waals surface area contributed by atoms with Crippen LogP contribution < -0.4 is 10.1 Å². The van der Waals surface area contributed by atoms with Gasteiger partial charge in [-0.25, -0.2) is 0 Å². The maximum absolute atomic E-state index is 12.9. The van der Waals surface area contributed by atoms with Gasteiger partial charge in [-0.05, 0) is 85.5 Å². The highest BCUT2D eigenvalue weighted by Crippen LogP contribution is 2.63. The summed E-state index contributed by atoms with van der Waals surface area (Å²) in [6.07, 6.45) is 11.4. The number of nitrogens with zero attached hydrogens (tertiary/aromatic N) is 1. The summed E-state index contributed by atoms with van der Waals surface area (Å²) in [6.45, 7) is 4.82. The number of rotatable bonds is 4. The van der Waals surface area contributed by atoms with E-state index in [9.17, 15) is 9.59 Å². The van der Waals surface area contributed by atoms with Gasteiger partial charge >= 0.3 is 0 Å². The van der Waals surface area contributed by atoms with E-state index in [1.807, 2.05) is 42.3 Å². The molecule has 5 heteroatoms. The second-order valence-corrected chi connectivity index (χ2v) is 11.4. The Morgan fingerprint density at radius 2 is 1.85 bits per heavy atom. The first-order chi connectivity index (χ1) is 15.8. The van der Waals surface area contributed by atoms with Crippen LogP contribution in [0.1, 0.15) is 57.9 Å². The number of carbonyl (C=O) groups is 2. The van der Waals surface area contributed by atoms with Gasteiger partial charge in [-0.3, -0.25) is 9.59 Å². The highest BCUT2D eigenvalue weighted by Gasteiger charge is 2.60. The van der Waals surface area contributed by atoms with Crippen LogP contribution in [0.15, 0.2) is 36.4 Å². The van der Waals surface area contributed by atoms with Crippen molar-refractivity contribution in [3.63, 3.8) is 0 Å². The molecular formula is C28H38N2O3. The average Bonchev–Trinajstić information content (AvgIpc) is 3.13. The molecule has 3 saturated carbocycles. The van der Waals surface area contributed by atoms with Gasteiger partial charge in [-0.15, -0.1) is 0 Å². The predicted octanol–water partition coefficient (Wildman–Crippen LogP) is 4.36. The summed E-state index contributed by atoms with van der Waals surface area (Å²) in [5.74, 6) is 3.04. The van der Waals surface area contributed by atoms with Gasteiger partial charge in [0.2, 0.25) is 11.8 Å². The molecule has 1 aromatic rings. The molecule has 178 valence electrons. The Hall–Kier alpha value is -2.30. The molecule has 3 aliphatic carbocycles. The van der Waals surface area contributed by atoms with E-state index in [4.69, 9.17) is 4.74 Å². The van der Waals surface area contributed by atoms with Crippen LogP contribution in [-0.4, -0.2) is 43.0 Å². The molecule has 1 aromatic carbocycles. The van der Waals surface area contributed by atoms with E-state index in [2.05, 4.69) is 25.2 Å². The summed E-state index contributed by atoms with van der Waals surface area (Å²) in [5.41, 5.74) is 1.26. The molecular weight excluding hydrogens is 412 g/mol. The van der Waals surface area contributed by atoms with Gasteiger partial charge in [0.25, 0.3) is 0 Å². The summed E-state index contributed by atoms with van der Waals surface area (Å²) >= 11 is 0. The topological polar surface area (TPSA) is 58.6 Å². The maximum atomic E-state index is 12.9. The fourth-order valence-electron chi connectivity index (χ4n) is 8.15. The number of nitrogens with one attached hydrogen (secondary N) is 1. The Bertz CT molecular complexity index is 956. The summed E-state index contributed by atoms with van der Waals surface area (Å²) in [4.78, 5) is 27.2. The molecule has 0 bridgehead atoms. The van der Waals surface area contributed by atoms with Crippen LogP contribution in [-0.2, 0) is 16.0 Å². The Balaban J connectivity index is 1.29. The molecule has 3 fully saturated rings. The fourth-order valence-corrected chi connectivity index (χ4v) is 8.15. The van der Waals surface area contributed by atoms with Crippen LogP contribution in [0.5, 0.6) is 5.75 Å². The maximum Gasteiger partial charge on any atom is 0.246 e. The molecule has 7 atom stereocenters. The molecule has 0 saturated heterocycles. The number of carbonyl (C=O) groups excluding carboxylic acids is 2. The zero-order valence-electron chi connectivity index (χ0n) is 20.5. The van der Waals surface area contributed by atoms with E-state index in [-0.39, 0.29) is 28.7 Å². The van der Waals surface area contributed by atoms with E-state index >= 15 is 0 Å². The molecule has 5 rings (SSSR count). The van der Waals surface area contributed by atoms with Gasteiger partial charge in [0.15, 0.2) is 0 Å². The first-order valence-corrected chi connectivity index (χ1v) is 12.6. The van der Waals surface area contributed by atoms with Crippen molar-refractivity contribution in [2.24, 2.45) is 28.6 Å². The number of fused-ring (bicyclic) bond motifs is 5. The van der Waals surface area contributed by atoms with Gasteiger partial charge < -0.3 is 15.0 Å². The standard InChI is InChI=1S/C28H38N2O3/c1-27-15-13-22-20(9-12-24-28(22,2)16-14-26(32)30(24)3)21(27)10-11-23(27)29-25(31)17-18-5-7-19(33-4)8-6-18/h5-8,14,16,20-24H,9-13,15,17H2,1-4H3,(H,29,31)/t20-,21-,22+,23?,24?,27-,28+/m0/s1. The lowest BCUT2D eigenvalue weighted by Gasteiger charge is -2.60. The number of likely N-dealkylation sites (N-methyl/N-ethyl adjacent to an activating group) is 1. The summed E-state index contributed by atoms with van der Waals surface area (Å²) in [6, 6.07) is 8.35. The zero-order valence-corrected chi connectivity index (χ0v) is 20.5. The number of hydrogen-bond donors (Lipinski definition) is 1. The van der Waals surface area contributed by atoms with E-state index < -0.39 is 0 Å². The lowest BCUT2D eigenvalue weighted by atomic mass is 9.48. The Morgan fingerprint density at radius 1 is 1.09 bits per heavy atom. The minimum atomic E-state index is 0.0720. The van der Waals surface area contributed by atoms with E-state index in [1.165, 1.54) is 19.3 Å². The number of methoxy groups -OCH3 is 1. The molecule has 1 aliphatic heterocycles. The third kappa shape index (κ3) is 3.59. The van der Waals surface area contributed by atoms with Crippen molar-refractivity contribution in [3.8, 4) is 5.75 Å². The van der Waals surface area contributed by atoms with Crippen molar-refractivity contribution in [3.05, 3.63) is 42.0 Å². The minimum Gasteiger partial charge on any atom is -0.497 e. The van der Waals surface area contributed by atoms with Gasteiger partial charge in [-0.2, -0.15) is 0 Å². The normalized spacial score (nSPS) is 39.5. The van der Waals surface area contributed by atoms with Crippen molar-refractivity contribution in [1.29, 1.82) is 0 Å². The van der Waals surface area contributed by atoms with Crippen molar-refractivity contribution >= 4 is 11.8 Å². The fraction of sp³-hybridized carbons (Fsp3) is 0.643. The molecule has 1 N–H and O–H groups in total. The van der Waals surface area contributed by atoms with Crippen molar-refractivity contribution in [2.45, 2.75) is 70.9 Å². The van der Waals surface area contributed by atoms with Crippen LogP contribution in [0.25, 0.3) is 0 Å². The zero-order chi connectivity index (χ0) is 23.4. The molecule has 2 unspecified atom stereocenters. The lowest BCUT2D eigenvalue weighted by Crippen LogP contribution is -2.60. The Kier molecular flexibility index (Phi) is 5.57. The largest absolute Gasteiger partial charge is 0.497 e. The van der Waals surface area contributed by atoms with Crippen molar-refractivity contribution in [1.82, 2.24) is 10.2 Å². The smallest absolute Gasteiger partial charge is 0.246 e. The SMILES string of the molecule is COc1ccc(CC(=O)NC2CC[C@H]3[C@@H]4CCC5N(C)C(=O)C=C[C@]5(C)[C@@H]4CC[C@]23C)cc1. The third-order valence-electron chi connectivity index (χ3n) is 9.99. The van der Waals surface area contributed by atoms with E-state index in [1.54, 1.807) is 7.11 Å². The quantitative estimate of drug-likeness (QED) is 0.741. The molecule has 4 aliphatic rings. The van der Waals surface area contributed by atoms with Gasteiger partial charge in [0.05, 0.1) is 13.5 Å². The van der Waals surface area contributed by atoms with Crippen molar-refractivity contribution in [2.75, 3.05) is 14.2 Å². The molecule has 0 aromatic heterocycles. The highest BCUT2D eigenvalue weighted by atomic mass is 16.5. The summed E-state index contributed by atoms with van der Waals surface area (Å²) in [7, 11) is 3.63. The van der Waals surface area contributed by atoms with Gasteiger partial charge in [0, 0.05) is 24.5 Å². The third-order valence-corrected chi connectivity index (χ3v) is 9.99. The first-order valence-electron chi connectivity index (χ1n) is 12.6. The number of amides is 2. The van der Waals surface area contributed by atoms with Gasteiger partial charge in [-0.1, -0.05) is 32.1 Å². The van der Waals surface area contributed by atoms with Crippen LogP contribution in [0.4, 0.5) is 0 Å². The number of hydrogen-bond acceptors (Lipinski definition) is 3. The number of benzene rings is 1. The van der Waals surface area contributed by atoms with Crippen LogP contribution >= 0.6 is 0 Å². The number of ether oxygens (including phenoxy) is 1. The molecule has 0 radical (unpaired) electrons. The van der Waals surface area contributed by atoms with E-state index in [0.29, 0.717) is 30.2 Å². The van der Waals surface area contributed by atoms with E-state index in [0.717, 1.165) is 30.6 Å². The lowest BCUT2D eigenvalue weighted by molar-refractivity contribution is -0.138. The molecule has 0 spiro atoms. The highest BCUT2D eigenvalue weighted by molar-refractivity contribution is 5.89. The molecule has 33 heavy (non-hydrogen) atoms. The van der Waals surface area contributed by atoms with Crippen LogP contribution in [0.2, 0.25) is 0 Å². The monoisotopic (exact) mass is 450 g/mol. The summed E-state index contributed by atoms with van der Waals surface area (Å²) in [5, 5.41) is 3.43. The molecule has 2 amide bonds. The Labute approximate surface area is 197 Å². The van der Waals surface area contributed by atoms with Crippen LogP contribution in [0, 0.1) is 28.6 Å². The van der Waals surface area contributed by atoms with Crippen molar-refractivity contribution < 1.29 is 14.3 Å².